The van der Waals surface area contributed by atoms with E-state index in [4.69, 9.17) is 5.11 Å². The van der Waals surface area contributed by atoms with Gasteiger partial charge in [0.25, 0.3) is 0 Å². The zero-order valence-corrected chi connectivity index (χ0v) is 4.11. The van der Waals surface area contributed by atoms with Crippen molar-refractivity contribution in [2.24, 2.45) is 0 Å². The summed E-state index contributed by atoms with van der Waals surface area (Å²) < 4.78 is 9.44. The average Bonchev–Trinajstić information content (AvgIpc) is 1.61. The van der Waals surface area contributed by atoms with E-state index in [1.54, 1.807) is 0 Å². The van der Waals surface area contributed by atoms with E-state index in [9.17, 15) is 4.57 Å². The zero-order chi connectivity index (χ0) is 4.83. The third kappa shape index (κ3) is 10.9. The van der Waals surface area contributed by atoms with Gasteiger partial charge in [-0.25, -0.2) is 5.09 Å². The number of nitrogens with one attached hydrogen (secondary N) is 1. The van der Waals surface area contributed by atoms with Gasteiger partial charge in [0, 0.05) is 6.54 Å². The summed E-state index contributed by atoms with van der Waals surface area (Å²) in [5.74, 6) is 0. The Hall–Kier alpha value is 1.02. The minimum atomic E-state index is -0.115. The second-order valence-electron chi connectivity index (χ2n) is 0.723. The minimum absolute atomic E-state index is 0. The molecule has 5 heteroatoms. The van der Waals surface area contributed by atoms with Crippen molar-refractivity contribution in [1.82, 2.24) is 5.09 Å². The van der Waals surface area contributed by atoms with Crippen molar-refractivity contribution < 1.29 is 9.67 Å². The van der Waals surface area contributed by atoms with E-state index in [-0.39, 0.29) is 44.8 Å². The van der Waals surface area contributed by atoms with Gasteiger partial charge in [0.1, 0.15) is 0 Å². The van der Waals surface area contributed by atoms with E-state index in [2.05, 4.69) is 5.09 Å². The second kappa shape index (κ2) is 10.1. The number of rotatable bonds is 3. The van der Waals surface area contributed by atoms with Crippen LogP contribution in [0.2, 0.25) is 0 Å². The fourth-order valence-corrected chi connectivity index (χ4v) is 0.287. The molecule has 0 amide bonds. The topological polar surface area (TPSA) is 49.3 Å². The number of aliphatic hydroxyl groups excluding tert-OH is 1. The molecule has 0 unspecified atom stereocenters. The Labute approximate surface area is 66.0 Å². The van der Waals surface area contributed by atoms with Crippen LogP contribution in [0.5, 0.6) is 0 Å². The molecule has 0 saturated heterocycles. The van der Waals surface area contributed by atoms with Crippen LogP contribution in [-0.2, 0) is 4.57 Å². The van der Waals surface area contributed by atoms with Crippen LogP contribution < -0.4 is 5.09 Å². The van der Waals surface area contributed by atoms with Crippen molar-refractivity contribution in [3.63, 3.8) is 0 Å². The molecule has 0 aliphatic rings. The van der Waals surface area contributed by atoms with Crippen LogP contribution in [0.15, 0.2) is 0 Å². The van der Waals surface area contributed by atoms with Gasteiger partial charge in [-0.15, -0.1) is 0 Å². The van der Waals surface area contributed by atoms with Crippen molar-refractivity contribution >= 4 is 38.2 Å². The van der Waals surface area contributed by atoms with E-state index in [1.165, 1.54) is 0 Å². The summed E-state index contributed by atoms with van der Waals surface area (Å²) in [5, 5.41) is 10.4. The summed E-state index contributed by atoms with van der Waals surface area (Å²) in [4.78, 5) is 0. The van der Waals surface area contributed by atoms with Crippen LogP contribution in [0.3, 0.4) is 0 Å². The summed E-state index contributed by atoms with van der Waals surface area (Å²) in [5.41, 5.74) is 0. The molecular weight excluding hydrogens is 124 g/mol. The summed E-state index contributed by atoms with van der Waals surface area (Å²) in [7, 11) is -0.115. The van der Waals surface area contributed by atoms with Crippen LogP contribution in [0.4, 0.5) is 0 Å². The molecule has 0 heterocycles. The van der Waals surface area contributed by atoms with Gasteiger partial charge < -0.3 is 5.11 Å². The number of hydrogen-bond donors (Lipinski definition) is 2. The fourth-order valence-electron chi connectivity index (χ4n) is 0.0956. The van der Waals surface area contributed by atoms with E-state index in [1.807, 2.05) is 0 Å². The fraction of sp³-hybridized carbons (Fsp3) is 1.00. The Morgan fingerprint density at radius 3 is 2.43 bits per heavy atom. The summed E-state index contributed by atoms with van der Waals surface area (Å²) in [6, 6.07) is 0. The predicted molar refractivity (Wildman–Crippen MR) is 29.8 cm³/mol. The van der Waals surface area contributed by atoms with Gasteiger partial charge in [-0.3, -0.25) is 4.57 Å². The van der Waals surface area contributed by atoms with Gasteiger partial charge in [0.15, 0.2) is 0 Å². The molecule has 0 aliphatic carbocycles. The first-order valence-corrected chi connectivity index (χ1v) is 2.39. The van der Waals surface area contributed by atoms with Crippen molar-refractivity contribution in [1.29, 1.82) is 0 Å². The molecule has 0 aromatic carbocycles. The quantitative estimate of drug-likeness (QED) is 0.297. The van der Waals surface area contributed by atoms with Crippen LogP contribution in [0, 0.1) is 0 Å². The first-order valence-electron chi connectivity index (χ1n) is 1.58. The third-order valence-electron chi connectivity index (χ3n) is 0.288. The van der Waals surface area contributed by atoms with Crippen molar-refractivity contribution in [3.05, 3.63) is 0 Å². The summed E-state index contributed by atoms with van der Waals surface area (Å²) in [6.45, 7) is 0.431. The molecule has 0 atom stereocenters. The van der Waals surface area contributed by atoms with Gasteiger partial charge >= 0.3 is 29.6 Å². The molecule has 0 fully saturated rings. The van der Waals surface area contributed by atoms with Crippen LogP contribution in [0.1, 0.15) is 0 Å². The molecule has 0 aromatic rings. The molecular formula is C2H7NNaO2P. The van der Waals surface area contributed by atoms with Crippen LogP contribution in [0.25, 0.3) is 0 Å². The van der Waals surface area contributed by atoms with Crippen molar-refractivity contribution in [3.8, 4) is 0 Å². The van der Waals surface area contributed by atoms with Gasteiger partial charge in [-0.05, 0) is 0 Å². The van der Waals surface area contributed by atoms with Crippen molar-refractivity contribution in [2.45, 2.75) is 0 Å². The van der Waals surface area contributed by atoms with E-state index in [0.717, 1.165) is 0 Å². The van der Waals surface area contributed by atoms with Crippen LogP contribution in [-0.4, -0.2) is 47.8 Å². The van der Waals surface area contributed by atoms with Gasteiger partial charge in [-0.2, -0.15) is 0 Å². The maximum absolute atomic E-state index is 9.44. The second-order valence-corrected chi connectivity index (χ2v) is 1.22. The molecule has 2 N–H and O–H groups in total. The standard InChI is InChI=1S/C2H6NO2P.Na.H/c4-2-1-3-6-5;;/h4H,1-2H2,(H,3,5);;. The van der Waals surface area contributed by atoms with E-state index < -0.39 is 0 Å². The van der Waals surface area contributed by atoms with E-state index in [0.29, 0.717) is 6.54 Å². The molecule has 0 spiro atoms. The van der Waals surface area contributed by atoms with Gasteiger partial charge in [0.2, 0.25) is 8.61 Å². The SMILES string of the molecule is O=PNCCO.[NaH]. The first-order chi connectivity index (χ1) is 2.91. The zero-order valence-electron chi connectivity index (χ0n) is 3.22. The molecule has 0 bridgehead atoms. The normalized spacial score (nSPS) is 8.14. The average molecular weight is 131 g/mol. The molecule has 0 rings (SSSR count). The Morgan fingerprint density at radius 1 is 1.71 bits per heavy atom. The van der Waals surface area contributed by atoms with Crippen molar-refractivity contribution in [2.75, 3.05) is 13.2 Å². The first kappa shape index (κ1) is 10.9. The Balaban J connectivity index is 0. The molecule has 38 valence electrons. The molecule has 0 saturated carbocycles. The Bertz CT molecular complexity index is 44.7. The predicted octanol–water partition coefficient (Wildman–Crippen LogP) is -0.874. The molecule has 0 aromatic heterocycles. The van der Waals surface area contributed by atoms with Crippen LogP contribution >= 0.6 is 8.61 Å². The molecule has 0 aliphatic heterocycles. The monoisotopic (exact) mass is 131 g/mol. The summed E-state index contributed by atoms with van der Waals surface area (Å²) >= 11 is 0. The number of hydrogen-bond acceptors (Lipinski definition) is 2. The maximum atomic E-state index is 9.44. The molecule has 3 nitrogen and oxygen atoms in total. The Kier molecular flexibility index (Phi) is 15.7. The summed E-state index contributed by atoms with van der Waals surface area (Å²) in [6.07, 6.45) is 0. The molecule has 0 radical (unpaired) electrons. The van der Waals surface area contributed by atoms with Gasteiger partial charge in [0.05, 0.1) is 6.61 Å². The molecule has 7 heavy (non-hydrogen) atoms. The van der Waals surface area contributed by atoms with Gasteiger partial charge in [-0.1, -0.05) is 0 Å². The Morgan fingerprint density at radius 2 is 2.29 bits per heavy atom. The number of aliphatic hydroxyl groups is 1. The third-order valence-corrected chi connectivity index (χ3v) is 0.641. The van der Waals surface area contributed by atoms with E-state index >= 15 is 0 Å².